The van der Waals surface area contributed by atoms with E-state index in [1.165, 1.54) is 0 Å². The molecule has 0 aromatic carbocycles. The Morgan fingerprint density at radius 3 is 2.92 bits per heavy atom. The fourth-order valence-electron chi connectivity index (χ4n) is 1.15. The fraction of sp³-hybridized carbons (Fsp3) is 0.857. The van der Waals surface area contributed by atoms with Crippen LogP contribution in [0, 0.1) is 0 Å². The quantitative estimate of drug-likeness (QED) is 0.676. The first-order valence-corrected chi connectivity index (χ1v) is 3.83. The van der Waals surface area contributed by atoms with Crippen molar-refractivity contribution < 1.29 is 14.6 Å². The zero-order valence-corrected chi connectivity index (χ0v) is 7.60. The molecule has 1 rings (SSSR count). The van der Waals surface area contributed by atoms with E-state index in [1.807, 2.05) is 0 Å². The van der Waals surface area contributed by atoms with Gasteiger partial charge < -0.3 is 15.2 Å². The number of rotatable bonds is 4. The summed E-state index contributed by atoms with van der Waals surface area (Å²) >= 11 is 0. The second kappa shape index (κ2) is 6.22. The predicted molar refractivity (Wildman–Crippen MR) is 46.7 cm³/mol. The summed E-state index contributed by atoms with van der Waals surface area (Å²) in [6.45, 7) is 1.51. The largest absolute Gasteiger partial charge is 0.480 e. The maximum atomic E-state index is 10.1. The first kappa shape index (κ1) is 11.7. The van der Waals surface area contributed by atoms with Crippen molar-refractivity contribution in [2.24, 2.45) is 0 Å². The Hall–Kier alpha value is -0.320. The van der Waals surface area contributed by atoms with E-state index in [9.17, 15) is 4.79 Å². The molecular formula is C7H14ClNO3. The highest BCUT2D eigenvalue weighted by Crippen LogP contribution is 2.10. The lowest BCUT2D eigenvalue weighted by molar-refractivity contribution is -0.136. The van der Waals surface area contributed by atoms with Crippen LogP contribution in [0.25, 0.3) is 0 Å². The number of hydrogen-bond donors (Lipinski definition) is 2. The van der Waals surface area contributed by atoms with E-state index >= 15 is 0 Å². The molecule has 0 aromatic heterocycles. The summed E-state index contributed by atoms with van der Waals surface area (Å²) in [6.07, 6.45) is 2.38. The number of hydrogen-bond acceptors (Lipinski definition) is 3. The Kier molecular flexibility index (Phi) is 6.06. The van der Waals surface area contributed by atoms with Crippen molar-refractivity contribution in [3.8, 4) is 0 Å². The van der Waals surface area contributed by atoms with E-state index in [2.05, 4.69) is 5.32 Å². The highest BCUT2D eigenvalue weighted by Gasteiger charge is 2.14. The first-order chi connectivity index (χ1) is 5.29. The van der Waals surface area contributed by atoms with Crippen molar-refractivity contribution in [3.63, 3.8) is 0 Å². The van der Waals surface area contributed by atoms with Gasteiger partial charge in [0, 0.05) is 13.2 Å². The molecule has 0 aromatic rings. The van der Waals surface area contributed by atoms with E-state index in [0.29, 0.717) is 6.54 Å². The number of aliphatic carboxylic acids is 1. The molecule has 72 valence electrons. The van der Waals surface area contributed by atoms with Gasteiger partial charge in [-0.05, 0) is 12.8 Å². The third-order valence-corrected chi connectivity index (χ3v) is 1.67. The van der Waals surface area contributed by atoms with E-state index in [-0.39, 0.29) is 25.1 Å². The number of halogens is 1. The highest BCUT2D eigenvalue weighted by molar-refractivity contribution is 5.85. The first-order valence-electron chi connectivity index (χ1n) is 3.83. The highest BCUT2D eigenvalue weighted by atomic mass is 35.5. The third-order valence-electron chi connectivity index (χ3n) is 1.67. The minimum atomic E-state index is -0.817. The molecule has 1 aliphatic rings. The second-order valence-corrected chi connectivity index (χ2v) is 2.66. The molecular weight excluding hydrogens is 182 g/mol. The number of carbonyl (C=O) groups is 1. The zero-order chi connectivity index (χ0) is 8.10. The maximum Gasteiger partial charge on any atom is 0.317 e. The smallest absolute Gasteiger partial charge is 0.317 e. The topological polar surface area (TPSA) is 58.6 Å². The molecule has 1 fully saturated rings. The Morgan fingerprint density at radius 2 is 2.42 bits per heavy atom. The van der Waals surface area contributed by atoms with Crippen molar-refractivity contribution in [1.29, 1.82) is 0 Å². The summed E-state index contributed by atoms with van der Waals surface area (Å²) in [4.78, 5) is 10.1. The molecule has 12 heavy (non-hydrogen) atoms. The van der Waals surface area contributed by atoms with Crippen LogP contribution in [0.5, 0.6) is 0 Å². The van der Waals surface area contributed by atoms with Gasteiger partial charge in [-0.25, -0.2) is 0 Å². The van der Waals surface area contributed by atoms with Crippen molar-refractivity contribution in [2.75, 3.05) is 19.7 Å². The lowest BCUT2D eigenvalue weighted by atomic mass is 10.2. The van der Waals surface area contributed by atoms with Gasteiger partial charge in [-0.1, -0.05) is 0 Å². The van der Waals surface area contributed by atoms with Gasteiger partial charge in [-0.15, -0.1) is 12.4 Å². The molecule has 1 aliphatic heterocycles. The Balaban J connectivity index is 0.00000121. The molecule has 1 saturated heterocycles. The van der Waals surface area contributed by atoms with Gasteiger partial charge in [0.05, 0.1) is 12.6 Å². The van der Waals surface area contributed by atoms with Gasteiger partial charge in [0.15, 0.2) is 0 Å². The standard InChI is InChI=1S/C7H13NO3.ClH/c9-7(10)5-8-4-6-2-1-3-11-6;/h6,8H,1-5H2,(H,9,10);1H. The summed E-state index contributed by atoms with van der Waals surface area (Å²) in [7, 11) is 0. The minimum Gasteiger partial charge on any atom is -0.480 e. The molecule has 0 radical (unpaired) electrons. The zero-order valence-electron chi connectivity index (χ0n) is 6.78. The van der Waals surface area contributed by atoms with Gasteiger partial charge in [0.1, 0.15) is 0 Å². The Labute approximate surface area is 77.7 Å². The average molecular weight is 196 g/mol. The van der Waals surface area contributed by atoms with E-state index in [1.54, 1.807) is 0 Å². The van der Waals surface area contributed by atoms with Crippen molar-refractivity contribution in [3.05, 3.63) is 0 Å². The maximum absolute atomic E-state index is 10.1. The lowest BCUT2D eigenvalue weighted by Crippen LogP contribution is -2.30. The van der Waals surface area contributed by atoms with Crippen molar-refractivity contribution in [1.82, 2.24) is 5.32 Å². The van der Waals surface area contributed by atoms with Gasteiger partial charge in [0.2, 0.25) is 0 Å². The van der Waals surface area contributed by atoms with Crippen molar-refractivity contribution in [2.45, 2.75) is 18.9 Å². The molecule has 1 heterocycles. The summed E-state index contributed by atoms with van der Waals surface area (Å²) in [5.74, 6) is -0.817. The predicted octanol–water partition coefficient (Wildman–Crippen LogP) is 0.261. The van der Waals surface area contributed by atoms with E-state index in [4.69, 9.17) is 9.84 Å². The minimum absolute atomic E-state index is 0. The van der Waals surface area contributed by atoms with Crippen LogP contribution < -0.4 is 5.32 Å². The fourth-order valence-corrected chi connectivity index (χ4v) is 1.15. The van der Waals surface area contributed by atoms with Crippen LogP contribution in [0.1, 0.15) is 12.8 Å². The van der Waals surface area contributed by atoms with E-state index in [0.717, 1.165) is 19.4 Å². The third kappa shape index (κ3) is 4.54. The lowest BCUT2D eigenvalue weighted by Gasteiger charge is -2.08. The van der Waals surface area contributed by atoms with Gasteiger partial charge in [0.25, 0.3) is 0 Å². The molecule has 0 saturated carbocycles. The molecule has 4 nitrogen and oxygen atoms in total. The number of nitrogens with one attached hydrogen (secondary N) is 1. The number of carboxylic acid groups (broad SMARTS) is 1. The van der Waals surface area contributed by atoms with Gasteiger partial charge >= 0.3 is 5.97 Å². The molecule has 1 atom stereocenters. The van der Waals surface area contributed by atoms with Gasteiger partial charge in [-0.2, -0.15) is 0 Å². The van der Waals surface area contributed by atoms with E-state index < -0.39 is 5.97 Å². The van der Waals surface area contributed by atoms with Crippen LogP contribution in [0.4, 0.5) is 0 Å². The van der Waals surface area contributed by atoms with Crippen LogP contribution in [0.3, 0.4) is 0 Å². The van der Waals surface area contributed by atoms with Crippen LogP contribution in [-0.4, -0.2) is 36.9 Å². The number of ether oxygens (including phenoxy) is 1. The molecule has 0 amide bonds. The molecule has 1 unspecified atom stereocenters. The molecule has 5 heteroatoms. The Morgan fingerprint density at radius 1 is 1.67 bits per heavy atom. The summed E-state index contributed by atoms with van der Waals surface area (Å²) < 4.78 is 5.28. The van der Waals surface area contributed by atoms with Crippen LogP contribution in [0.2, 0.25) is 0 Å². The summed E-state index contributed by atoms with van der Waals surface area (Å²) in [6, 6.07) is 0. The average Bonchev–Trinajstić information content (AvgIpc) is 2.39. The second-order valence-electron chi connectivity index (χ2n) is 2.66. The summed E-state index contributed by atoms with van der Waals surface area (Å²) in [5.41, 5.74) is 0. The van der Waals surface area contributed by atoms with Gasteiger partial charge in [-0.3, -0.25) is 4.79 Å². The molecule has 0 aliphatic carbocycles. The monoisotopic (exact) mass is 195 g/mol. The van der Waals surface area contributed by atoms with Crippen LogP contribution in [-0.2, 0) is 9.53 Å². The van der Waals surface area contributed by atoms with Crippen LogP contribution >= 0.6 is 12.4 Å². The molecule has 2 N–H and O–H groups in total. The summed E-state index contributed by atoms with van der Waals surface area (Å²) in [5, 5.41) is 11.1. The van der Waals surface area contributed by atoms with Crippen molar-refractivity contribution >= 4 is 18.4 Å². The Bertz CT molecular complexity index is 137. The number of carboxylic acids is 1. The molecule has 0 bridgehead atoms. The SMILES string of the molecule is Cl.O=C(O)CNCC1CCCO1. The van der Waals surface area contributed by atoms with Crippen LogP contribution in [0.15, 0.2) is 0 Å². The molecule has 0 spiro atoms. The normalized spacial score (nSPS) is 21.8.